The van der Waals surface area contributed by atoms with Gasteiger partial charge in [0.1, 0.15) is 29.5 Å². The van der Waals surface area contributed by atoms with Crippen LogP contribution in [0.5, 0.6) is 6.01 Å². The summed E-state index contributed by atoms with van der Waals surface area (Å²) in [6, 6.07) is 9.49. The number of piperazine rings is 1. The summed E-state index contributed by atoms with van der Waals surface area (Å²) in [5, 5.41) is 5.32. The van der Waals surface area contributed by atoms with E-state index in [4.69, 9.17) is 25.9 Å². The van der Waals surface area contributed by atoms with Gasteiger partial charge >= 0.3 is 6.01 Å². The lowest BCUT2D eigenvalue weighted by atomic mass is 9.89. The van der Waals surface area contributed by atoms with Gasteiger partial charge in [0.15, 0.2) is 5.82 Å². The number of anilines is 1. The first-order valence-corrected chi connectivity index (χ1v) is 16.1. The zero-order chi connectivity index (χ0) is 31.2. The van der Waals surface area contributed by atoms with E-state index in [0.717, 1.165) is 58.5 Å². The molecule has 2 aromatic carbocycles. The van der Waals surface area contributed by atoms with E-state index in [-0.39, 0.29) is 28.3 Å². The Hall–Kier alpha value is -4.17. The lowest BCUT2D eigenvalue weighted by molar-refractivity contribution is 0.0582. The summed E-state index contributed by atoms with van der Waals surface area (Å²) in [5.74, 6) is 2.38. The van der Waals surface area contributed by atoms with E-state index in [2.05, 4.69) is 32.6 Å². The van der Waals surface area contributed by atoms with Gasteiger partial charge < -0.3 is 19.7 Å². The molecule has 5 atom stereocenters. The molecule has 4 aromatic rings. The van der Waals surface area contributed by atoms with Crippen LogP contribution in [-0.4, -0.2) is 83.0 Å². The number of fused-ring (bicyclic) bond motifs is 7. The Morgan fingerprint density at radius 1 is 1.13 bits per heavy atom. The van der Waals surface area contributed by atoms with E-state index in [9.17, 15) is 4.39 Å². The summed E-state index contributed by atoms with van der Waals surface area (Å²) in [6.45, 7) is 8.50. The van der Waals surface area contributed by atoms with Crippen LogP contribution in [0.15, 0.2) is 48.7 Å². The van der Waals surface area contributed by atoms with E-state index in [0.29, 0.717) is 58.2 Å². The monoisotopic (exact) mass is 620 g/mol. The Morgan fingerprint density at radius 3 is 2.80 bits per heavy atom. The van der Waals surface area contributed by atoms with Crippen LogP contribution >= 0.6 is 0 Å². The van der Waals surface area contributed by atoms with Crippen molar-refractivity contribution in [1.82, 2.24) is 25.2 Å². The minimum atomic E-state index is -0.620. The molecule has 5 aliphatic heterocycles. The van der Waals surface area contributed by atoms with E-state index < -0.39 is 11.6 Å². The smallest absolute Gasteiger partial charge is 0.319 e. The highest BCUT2D eigenvalue weighted by atomic mass is 19.1. The van der Waals surface area contributed by atoms with Crippen molar-refractivity contribution in [2.24, 2.45) is 5.92 Å². The lowest BCUT2D eigenvalue weighted by Crippen LogP contribution is -2.51. The van der Waals surface area contributed by atoms with Crippen molar-refractivity contribution in [1.29, 1.82) is 0 Å². The van der Waals surface area contributed by atoms with Crippen molar-refractivity contribution in [2.45, 2.75) is 49.3 Å². The molecule has 5 fully saturated rings. The van der Waals surface area contributed by atoms with Gasteiger partial charge in [-0.15, -0.1) is 6.42 Å². The van der Waals surface area contributed by atoms with Gasteiger partial charge in [0.25, 0.3) is 0 Å². The Labute approximate surface area is 265 Å². The van der Waals surface area contributed by atoms with Crippen LogP contribution in [0, 0.1) is 29.9 Å². The van der Waals surface area contributed by atoms with Crippen LogP contribution in [0.2, 0.25) is 0 Å². The number of nitrogens with one attached hydrogen (secondary N) is 1. The quantitative estimate of drug-likeness (QED) is 0.251. The standard InChI is InChI=1S/C36H34F2N6O2/c1-3-25-28(37)10-7-21-5-4-6-26(30(21)25)32-31(38)33-27(13-39-32)34(43-15-23-8-9-24(16-43)40-23)42-35(41-33)46-19-36-11-20(2)14-44(36)29-18-45-17-22(29)12-36/h1,4-7,10,13,22-24,29,40H,2,8-9,11-12,14-19H2/t22?,23-,24+,29?,36?. The lowest BCUT2D eigenvalue weighted by Gasteiger charge is -2.35. The van der Waals surface area contributed by atoms with Gasteiger partial charge in [-0.25, -0.2) is 8.78 Å². The third-order valence-electron chi connectivity index (χ3n) is 10.8. The fraction of sp³-hybridized carbons (Fsp3) is 0.417. The van der Waals surface area contributed by atoms with Crippen molar-refractivity contribution >= 4 is 27.5 Å². The predicted molar refractivity (Wildman–Crippen MR) is 172 cm³/mol. The van der Waals surface area contributed by atoms with Gasteiger partial charge in [-0.2, -0.15) is 9.97 Å². The average Bonchev–Trinajstić information content (AvgIpc) is 3.80. The minimum absolute atomic E-state index is 0.0525. The molecule has 2 aromatic heterocycles. The molecule has 0 amide bonds. The largest absolute Gasteiger partial charge is 0.461 e. The summed E-state index contributed by atoms with van der Waals surface area (Å²) in [5.41, 5.74) is 1.64. The number of benzene rings is 2. The number of hydrogen-bond donors (Lipinski definition) is 1. The SMILES string of the molecule is C#Cc1c(F)ccc2cccc(-c3ncc4c(N5C[C@H]6CC[C@@H](C5)N6)nc(OCC56CC(=C)CN5C5COCC5C6)nc4c3F)c12. The van der Waals surface area contributed by atoms with Gasteiger partial charge in [-0.3, -0.25) is 9.88 Å². The molecule has 0 aliphatic carbocycles. The van der Waals surface area contributed by atoms with Crippen LogP contribution in [-0.2, 0) is 4.74 Å². The van der Waals surface area contributed by atoms with Crippen LogP contribution in [0.3, 0.4) is 0 Å². The summed E-state index contributed by atoms with van der Waals surface area (Å²) in [4.78, 5) is 18.9. The number of aromatic nitrogens is 3. The van der Waals surface area contributed by atoms with Crippen molar-refractivity contribution in [3.8, 4) is 29.6 Å². The maximum absolute atomic E-state index is 16.9. The zero-order valence-electron chi connectivity index (χ0n) is 25.4. The zero-order valence-corrected chi connectivity index (χ0v) is 25.4. The molecule has 2 bridgehead atoms. The topological polar surface area (TPSA) is 75.6 Å². The maximum atomic E-state index is 16.9. The third kappa shape index (κ3) is 4.25. The first kappa shape index (κ1) is 28.1. The normalized spacial score (nSPS) is 28.6. The summed E-state index contributed by atoms with van der Waals surface area (Å²) < 4.78 is 44.0. The van der Waals surface area contributed by atoms with E-state index in [1.807, 2.05) is 6.07 Å². The van der Waals surface area contributed by atoms with Crippen LogP contribution in [0.25, 0.3) is 32.9 Å². The van der Waals surface area contributed by atoms with Gasteiger partial charge in [0, 0.05) is 60.8 Å². The van der Waals surface area contributed by atoms with Gasteiger partial charge in [0.2, 0.25) is 0 Å². The number of nitrogens with zero attached hydrogens (tertiary/aromatic N) is 5. The van der Waals surface area contributed by atoms with E-state index in [1.54, 1.807) is 24.4 Å². The Morgan fingerprint density at radius 2 is 1.98 bits per heavy atom. The summed E-state index contributed by atoms with van der Waals surface area (Å²) in [6.07, 6.45) is 11.3. The fourth-order valence-electron chi connectivity index (χ4n) is 8.87. The summed E-state index contributed by atoms with van der Waals surface area (Å²) >= 11 is 0. The van der Waals surface area contributed by atoms with Crippen LogP contribution < -0.4 is 15.0 Å². The Bertz CT molecular complexity index is 1970. The molecule has 0 saturated carbocycles. The van der Waals surface area contributed by atoms with Crippen LogP contribution in [0.4, 0.5) is 14.6 Å². The second-order valence-corrected chi connectivity index (χ2v) is 13.7. The molecule has 8 nitrogen and oxygen atoms in total. The number of terminal acetylenes is 1. The predicted octanol–water partition coefficient (Wildman–Crippen LogP) is 4.84. The highest BCUT2D eigenvalue weighted by Crippen LogP contribution is 2.49. The number of ether oxygens (including phenoxy) is 2. The Kier molecular flexibility index (Phi) is 6.36. The molecular formula is C36H34F2N6O2. The molecule has 3 unspecified atom stereocenters. The van der Waals surface area contributed by atoms with Gasteiger partial charge in [-0.1, -0.05) is 42.3 Å². The van der Waals surface area contributed by atoms with Crippen molar-refractivity contribution < 1.29 is 18.3 Å². The highest BCUT2D eigenvalue weighted by Gasteiger charge is 2.57. The highest BCUT2D eigenvalue weighted by molar-refractivity contribution is 6.02. The summed E-state index contributed by atoms with van der Waals surface area (Å²) in [7, 11) is 0. The second-order valence-electron chi connectivity index (χ2n) is 13.7. The first-order chi connectivity index (χ1) is 22.4. The average molecular weight is 621 g/mol. The third-order valence-corrected chi connectivity index (χ3v) is 10.8. The van der Waals surface area contributed by atoms with Crippen LogP contribution in [0.1, 0.15) is 31.2 Å². The fourth-order valence-corrected chi connectivity index (χ4v) is 8.87. The Balaban J connectivity index is 1.16. The van der Waals surface area contributed by atoms with E-state index >= 15 is 4.39 Å². The molecule has 1 N–H and O–H groups in total. The molecule has 0 spiro atoms. The molecule has 9 rings (SSSR count). The first-order valence-electron chi connectivity index (χ1n) is 16.1. The number of hydrogen-bond acceptors (Lipinski definition) is 8. The molecule has 234 valence electrons. The molecule has 10 heteroatoms. The van der Waals surface area contributed by atoms with Gasteiger partial charge in [0.05, 0.1) is 29.7 Å². The van der Waals surface area contributed by atoms with Crippen molar-refractivity contribution in [3.63, 3.8) is 0 Å². The molecule has 0 radical (unpaired) electrons. The minimum Gasteiger partial charge on any atom is -0.461 e. The number of pyridine rings is 1. The number of rotatable bonds is 5. The molecule has 5 saturated heterocycles. The second kappa shape index (κ2) is 10.4. The molecule has 5 aliphatic rings. The number of halogens is 2. The van der Waals surface area contributed by atoms with Crippen molar-refractivity contribution in [3.05, 3.63) is 65.9 Å². The van der Waals surface area contributed by atoms with Gasteiger partial charge in [-0.05, 0) is 37.1 Å². The molecule has 46 heavy (non-hydrogen) atoms. The molecule has 7 heterocycles. The van der Waals surface area contributed by atoms with Crippen molar-refractivity contribution in [2.75, 3.05) is 44.4 Å². The van der Waals surface area contributed by atoms with E-state index in [1.165, 1.54) is 11.6 Å². The maximum Gasteiger partial charge on any atom is 0.319 e. The molecular weight excluding hydrogens is 586 g/mol.